The van der Waals surface area contributed by atoms with Crippen molar-refractivity contribution in [3.05, 3.63) is 47.5 Å². The van der Waals surface area contributed by atoms with Crippen LogP contribution in [0.2, 0.25) is 0 Å². The second-order valence-electron chi connectivity index (χ2n) is 7.22. The Morgan fingerprint density at radius 1 is 1.00 bits per heavy atom. The highest BCUT2D eigenvalue weighted by atomic mass is 16.5. The molecular formula is C23H30N2O2. The highest BCUT2D eigenvalue weighted by molar-refractivity contribution is 5.93. The molecule has 0 fully saturated rings. The molecule has 0 aliphatic heterocycles. The monoisotopic (exact) mass is 366 g/mol. The van der Waals surface area contributed by atoms with Crippen molar-refractivity contribution in [3.8, 4) is 22.8 Å². The number of aromatic amines is 1. The Morgan fingerprint density at radius 2 is 1.78 bits per heavy atom. The molecule has 3 aromatic rings. The van der Waals surface area contributed by atoms with E-state index in [1.807, 2.05) is 12.1 Å². The molecule has 3 N–H and O–H groups in total. The molecule has 0 unspecified atom stereocenters. The van der Waals surface area contributed by atoms with Crippen molar-refractivity contribution in [1.29, 1.82) is 0 Å². The molecule has 144 valence electrons. The summed E-state index contributed by atoms with van der Waals surface area (Å²) in [5.74, 6) is 1.94. The van der Waals surface area contributed by atoms with Gasteiger partial charge in [0.25, 0.3) is 0 Å². The minimum absolute atomic E-state index is 0.461. The van der Waals surface area contributed by atoms with Gasteiger partial charge in [0.1, 0.15) is 0 Å². The largest absolute Gasteiger partial charge is 0.493 e. The van der Waals surface area contributed by atoms with Crippen LogP contribution in [-0.2, 0) is 6.42 Å². The van der Waals surface area contributed by atoms with E-state index in [4.69, 9.17) is 15.2 Å². The zero-order chi connectivity index (χ0) is 19.4. The van der Waals surface area contributed by atoms with Crippen LogP contribution >= 0.6 is 0 Å². The third-order valence-electron chi connectivity index (χ3n) is 5.15. The first kappa shape index (κ1) is 19.3. The third kappa shape index (κ3) is 3.81. The number of hydrogen-bond donors (Lipinski definition) is 2. The van der Waals surface area contributed by atoms with Gasteiger partial charge in [-0.3, -0.25) is 0 Å². The van der Waals surface area contributed by atoms with Crippen LogP contribution in [0.3, 0.4) is 0 Å². The number of para-hydroxylation sites is 1. The van der Waals surface area contributed by atoms with Crippen LogP contribution in [0, 0.1) is 0 Å². The zero-order valence-corrected chi connectivity index (χ0v) is 16.8. The lowest BCUT2D eigenvalue weighted by Crippen LogP contribution is -1.99. The summed E-state index contributed by atoms with van der Waals surface area (Å²) in [6, 6.07) is 12.7. The summed E-state index contributed by atoms with van der Waals surface area (Å²) in [5.41, 5.74) is 11.9. The Kier molecular flexibility index (Phi) is 6.07. The van der Waals surface area contributed by atoms with E-state index >= 15 is 0 Å². The number of unbranched alkanes of at least 4 members (excludes halogenated alkanes) is 1. The van der Waals surface area contributed by atoms with Crippen molar-refractivity contribution >= 4 is 10.9 Å². The zero-order valence-electron chi connectivity index (χ0n) is 16.8. The molecule has 2 aromatic carbocycles. The van der Waals surface area contributed by atoms with Gasteiger partial charge in [0.15, 0.2) is 11.5 Å². The molecule has 0 radical (unpaired) electrons. The van der Waals surface area contributed by atoms with E-state index in [1.165, 1.54) is 22.0 Å². The Morgan fingerprint density at radius 3 is 2.44 bits per heavy atom. The smallest absolute Gasteiger partial charge is 0.161 e. The van der Waals surface area contributed by atoms with Crippen LogP contribution in [-0.4, -0.2) is 25.7 Å². The number of nitrogens with two attached hydrogens (primary N) is 1. The minimum Gasteiger partial charge on any atom is -0.493 e. The van der Waals surface area contributed by atoms with Crippen molar-refractivity contribution in [2.24, 2.45) is 5.73 Å². The molecule has 0 atom stereocenters. The van der Waals surface area contributed by atoms with E-state index in [1.54, 1.807) is 14.2 Å². The standard InChI is InChI=1S/C23H30N2O2/c1-15(2)17-9-7-10-19-18(8-5-6-13-24)22(25-23(17)19)16-11-12-20(26-3)21(14-16)27-4/h7,9-12,14-15,25H,5-6,8,13,24H2,1-4H3. The number of ether oxygens (including phenoxy) is 2. The van der Waals surface area contributed by atoms with E-state index in [0.29, 0.717) is 5.92 Å². The predicted octanol–water partition coefficient (Wildman–Crippen LogP) is 5.26. The molecule has 0 saturated heterocycles. The quantitative estimate of drug-likeness (QED) is 0.535. The first-order valence-electron chi connectivity index (χ1n) is 9.66. The van der Waals surface area contributed by atoms with Crippen LogP contribution in [0.25, 0.3) is 22.2 Å². The van der Waals surface area contributed by atoms with Crippen LogP contribution in [0.1, 0.15) is 43.7 Å². The number of benzene rings is 2. The van der Waals surface area contributed by atoms with Gasteiger partial charge < -0.3 is 20.2 Å². The molecule has 4 heteroatoms. The fourth-order valence-electron chi connectivity index (χ4n) is 3.72. The van der Waals surface area contributed by atoms with Gasteiger partial charge in [-0.15, -0.1) is 0 Å². The fraction of sp³-hybridized carbons (Fsp3) is 0.391. The summed E-state index contributed by atoms with van der Waals surface area (Å²) in [6.07, 6.45) is 3.11. The lowest BCUT2D eigenvalue weighted by Gasteiger charge is -2.10. The van der Waals surface area contributed by atoms with E-state index in [9.17, 15) is 0 Å². The molecule has 1 aromatic heterocycles. The number of hydrogen-bond acceptors (Lipinski definition) is 3. The average molecular weight is 367 g/mol. The summed E-state index contributed by atoms with van der Waals surface area (Å²) in [7, 11) is 3.33. The van der Waals surface area contributed by atoms with Crippen molar-refractivity contribution in [1.82, 2.24) is 4.98 Å². The molecule has 0 saturated carbocycles. The highest BCUT2D eigenvalue weighted by Gasteiger charge is 2.17. The van der Waals surface area contributed by atoms with E-state index in [-0.39, 0.29) is 0 Å². The summed E-state index contributed by atoms with van der Waals surface area (Å²) >= 11 is 0. The van der Waals surface area contributed by atoms with Gasteiger partial charge in [-0.25, -0.2) is 0 Å². The van der Waals surface area contributed by atoms with Crippen molar-refractivity contribution < 1.29 is 9.47 Å². The van der Waals surface area contributed by atoms with Gasteiger partial charge in [0, 0.05) is 22.2 Å². The molecule has 4 nitrogen and oxygen atoms in total. The lowest BCUT2D eigenvalue weighted by molar-refractivity contribution is 0.355. The summed E-state index contributed by atoms with van der Waals surface area (Å²) < 4.78 is 10.9. The Balaban J connectivity index is 2.18. The molecule has 0 aliphatic carbocycles. The first-order valence-corrected chi connectivity index (χ1v) is 9.66. The van der Waals surface area contributed by atoms with E-state index < -0.39 is 0 Å². The maximum Gasteiger partial charge on any atom is 0.161 e. The van der Waals surface area contributed by atoms with Gasteiger partial charge in [-0.1, -0.05) is 32.0 Å². The normalized spacial score (nSPS) is 11.3. The molecule has 0 aliphatic rings. The van der Waals surface area contributed by atoms with Crippen LogP contribution in [0.5, 0.6) is 11.5 Å². The molecule has 0 amide bonds. The van der Waals surface area contributed by atoms with Gasteiger partial charge in [-0.05, 0) is 61.1 Å². The number of aromatic nitrogens is 1. The molecule has 27 heavy (non-hydrogen) atoms. The van der Waals surface area contributed by atoms with Crippen molar-refractivity contribution in [2.75, 3.05) is 20.8 Å². The summed E-state index contributed by atoms with van der Waals surface area (Å²) in [6.45, 7) is 5.20. The fourth-order valence-corrected chi connectivity index (χ4v) is 3.72. The second kappa shape index (κ2) is 8.49. The topological polar surface area (TPSA) is 60.3 Å². The maximum absolute atomic E-state index is 5.73. The third-order valence-corrected chi connectivity index (χ3v) is 5.15. The number of nitrogens with one attached hydrogen (secondary N) is 1. The molecule has 1 heterocycles. The van der Waals surface area contributed by atoms with Gasteiger partial charge >= 0.3 is 0 Å². The van der Waals surface area contributed by atoms with Gasteiger partial charge in [0.05, 0.1) is 14.2 Å². The number of H-pyrrole nitrogens is 1. The van der Waals surface area contributed by atoms with Crippen LogP contribution < -0.4 is 15.2 Å². The SMILES string of the molecule is COc1ccc(-c2[nH]c3c(C(C)C)cccc3c2CCCCN)cc1OC. The highest BCUT2D eigenvalue weighted by Crippen LogP contribution is 2.38. The minimum atomic E-state index is 0.461. The van der Waals surface area contributed by atoms with Crippen molar-refractivity contribution in [3.63, 3.8) is 0 Å². The number of aryl methyl sites for hydroxylation is 1. The average Bonchev–Trinajstić information content (AvgIpc) is 3.06. The van der Waals surface area contributed by atoms with Crippen LogP contribution in [0.15, 0.2) is 36.4 Å². The Bertz CT molecular complexity index is 912. The number of rotatable bonds is 8. The number of methoxy groups -OCH3 is 2. The summed E-state index contributed by atoms with van der Waals surface area (Å²) in [5, 5.41) is 1.31. The predicted molar refractivity (Wildman–Crippen MR) is 113 cm³/mol. The number of fused-ring (bicyclic) bond motifs is 1. The molecule has 0 bridgehead atoms. The van der Waals surface area contributed by atoms with Crippen molar-refractivity contribution in [2.45, 2.75) is 39.0 Å². The molecular weight excluding hydrogens is 336 g/mol. The van der Waals surface area contributed by atoms with Gasteiger partial charge in [0.2, 0.25) is 0 Å². The maximum atomic E-state index is 5.73. The van der Waals surface area contributed by atoms with E-state index in [2.05, 4.69) is 43.1 Å². The van der Waals surface area contributed by atoms with Gasteiger partial charge in [-0.2, -0.15) is 0 Å². The molecule has 0 spiro atoms. The Hall–Kier alpha value is -2.46. The van der Waals surface area contributed by atoms with Crippen LogP contribution in [0.4, 0.5) is 0 Å². The molecule has 3 rings (SSSR count). The lowest BCUT2D eigenvalue weighted by atomic mass is 9.96. The van der Waals surface area contributed by atoms with E-state index in [0.717, 1.165) is 48.6 Å². The summed E-state index contributed by atoms with van der Waals surface area (Å²) in [4.78, 5) is 3.72. The first-order chi connectivity index (χ1) is 13.1. The second-order valence-corrected chi connectivity index (χ2v) is 7.22. The Labute approximate surface area is 161 Å².